The molecule has 1 aromatic carbocycles. The summed E-state index contributed by atoms with van der Waals surface area (Å²) in [5.41, 5.74) is 1.08. The van der Waals surface area contributed by atoms with Gasteiger partial charge >= 0.3 is 0 Å². The van der Waals surface area contributed by atoms with Crippen LogP contribution in [0.2, 0.25) is 0 Å². The van der Waals surface area contributed by atoms with E-state index in [-0.39, 0.29) is 0 Å². The largest absolute Gasteiger partial charge is 0.382 e. The maximum absolute atomic E-state index is 5.43. The van der Waals surface area contributed by atoms with Gasteiger partial charge in [0.2, 0.25) is 0 Å². The molecule has 5 heteroatoms. The zero-order valence-electron chi connectivity index (χ0n) is 10.7. The van der Waals surface area contributed by atoms with Crippen molar-refractivity contribution in [2.24, 2.45) is 0 Å². The minimum absolute atomic E-state index is 0.610. The number of anilines is 1. The molecule has 0 amide bonds. The van der Waals surface area contributed by atoms with Gasteiger partial charge in [-0.1, -0.05) is 12.1 Å². The van der Waals surface area contributed by atoms with Crippen LogP contribution in [0.5, 0.6) is 0 Å². The van der Waals surface area contributed by atoms with E-state index in [0.717, 1.165) is 16.7 Å². The first-order valence-electron chi connectivity index (χ1n) is 5.97. The van der Waals surface area contributed by atoms with Crippen molar-refractivity contribution in [3.8, 4) is 0 Å². The summed E-state index contributed by atoms with van der Waals surface area (Å²) in [7, 11) is 1.66. The third-order valence-corrected chi connectivity index (χ3v) is 2.93. The predicted octanol–water partition coefficient (Wildman–Crippen LogP) is 2.54. The van der Waals surface area contributed by atoms with Crippen LogP contribution < -0.4 is 5.32 Å². The Morgan fingerprint density at radius 1 is 1.00 bits per heavy atom. The maximum Gasteiger partial charge on any atom is 0.0701 e. The predicted molar refractivity (Wildman–Crippen MR) is 76.1 cm³/mol. The lowest BCUT2D eigenvalue weighted by Gasteiger charge is -2.09. The molecule has 1 rings (SSSR count). The minimum Gasteiger partial charge on any atom is -0.382 e. The van der Waals surface area contributed by atoms with Crippen LogP contribution in [0.1, 0.15) is 0 Å². The first-order chi connectivity index (χ1) is 8.84. The first kappa shape index (κ1) is 15.4. The summed E-state index contributed by atoms with van der Waals surface area (Å²) in [6, 6.07) is 8.02. The highest BCUT2D eigenvalue weighted by Gasteiger charge is 1.96. The number of ether oxygens (including phenoxy) is 3. The summed E-state index contributed by atoms with van der Waals surface area (Å²) in [5.74, 6) is 0. The third kappa shape index (κ3) is 6.96. The fraction of sp³-hybridized carbons (Fsp3) is 0.538. The van der Waals surface area contributed by atoms with Crippen molar-refractivity contribution in [1.29, 1.82) is 0 Å². The van der Waals surface area contributed by atoms with E-state index in [0.29, 0.717) is 33.0 Å². The second-order valence-electron chi connectivity index (χ2n) is 3.62. The Hall–Kier alpha value is -0.620. The molecule has 0 aliphatic carbocycles. The Kier molecular flexibility index (Phi) is 8.85. The van der Waals surface area contributed by atoms with Gasteiger partial charge in [-0.2, -0.15) is 0 Å². The molecule has 1 aromatic rings. The van der Waals surface area contributed by atoms with Gasteiger partial charge in [-0.05, 0) is 28.1 Å². The monoisotopic (exact) mass is 317 g/mol. The zero-order chi connectivity index (χ0) is 13.1. The van der Waals surface area contributed by atoms with Crippen LogP contribution >= 0.6 is 15.9 Å². The van der Waals surface area contributed by atoms with Crippen molar-refractivity contribution < 1.29 is 14.2 Å². The quantitative estimate of drug-likeness (QED) is 0.673. The van der Waals surface area contributed by atoms with Crippen LogP contribution in [0.3, 0.4) is 0 Å². The van der Waals surface area contributed by atoms with Gasteiger partial charge in [0.05, 0.1) is 33.0 Å². The zero-order valence-corrected chi connectivity index (χ0v) is 12.2. The van der Waals surface area contributed by atoms with Crippen LogP contribution in [0, 0.1) is 0 Å². The highest BCUT2D eigenvalue weighted by Crippen LogP contribution is 2.20. The molecule has 1 N–H and O–H groups in total. The van der Waals surface area contributed by atoms with Crippen molar-refractivity contribution in [3.63, 3.8) is 0 Å². The van der Waals surface area contributed by atoms with Gasteiger partial charge in [-0.15, -0.1) is 0 Å². The molecule has 0 spiro atoms. The molecule has 0 atom stereocenters. The van der Waals surface area contributed by atoms with Crippen LogP contribution in [0.25, 0.3) is 0 Å². The Labute approximate surface area is 117 Å². The van der Waals surface area contributed by atoms with Crippen LogP contribution in [0.4, 0.5) is 5.69 Å². The summed E-state index contributed by atoms with van der Waals surface area (Å²) in [6.07, 6.45) is 0. The Bertz CT molecular complexity index is 323. The number of methoxy groups -OCH3 is 1. The molecule has 0 bridgehead atoms. The van der Waals surface area contributed by atoms with Gasteiger partial charge in [0.15, 0.2) is 0 Å². The second-order valence-corrected chi connectivity index (χ2v) is 4.48. The normalized spacial score (nSPS) is 10.6. The lowest BCUT2D eigenvalue weighted by molar-refractivity contribution is 0.0272. The van der Waals surface area contributed by atoms with E-state index in [1.54, 1.807) is 7.11 Å². The summed E-state index contributed by atoms with van der Waals surface area (Å²) in [4.78, 5) is 0. The summed E-state index contributed by atoms with van der Waals surface area (Å²) in [6.45, 7) is 3.91. The van der Waals surface area contributed by atoms with E-state index in [1.165, 1.54) is 0 Å². The Morgan fingerprint density at radius 2 is 1.67 bits per heavy atom. The van der Waals surface area contributed by atoms with Crippen LogP contribution in [-0.4, -0.2) is 46.7 Å². The first-order valence-corrected chi connectivity index (χ1v) is 6.76. The number of benzene rings is 1. The number of hydrogen-bond acceptors (Lipinski definition) is 4. The molecule has 0 radical (unpaired) electrons. The number of nitrogens with one attached hydrogen (secondary N) is 1. The van der Waals surface area contributed by atoms with Gasteiger partial charge in [0.1, 0.15) is 0 Å². The van der Waals surface area contributed by atoms with Crippen molar-refractivity contribution >= 4 is 21.6 Å². The van der Waals surface area contributed by atoms with Gasteiger partial charge in [0, 0.05) is 23.8 Å². The summed E-state index contributed by atoms with van der Waals surface area (Å²) >= 11 is 3.48. The minimum atomic E-state index is 0.610. The molecule has 0 aromatic heterocycles. The van der Waals surface area contributed by atoms with E-state index in [9.17, 15) is 0 Å². The van der Waals surface area contributed by atoms with E-state index >= 15 is 0 Å². The molecular weight excluding hydrogens is 298 g/mol. The molecule has 0 fully saturated rings. The van der Waals surface area contributed by atoms with E-state index in [4.69, 9.17) is 14.2 Å². The van der Waals surface area contributed by atoms with Crippen molar-refractivity contribution in [2.75, 3.05) is 52.0 Å². The van der Waals surface area contributed by atoms with Gasteiger partial charge in [0.25, 0.3) is 0 Å². The fourth-order valence-corrected chi connectivity index (χ4v) is 1.75. The van der Waals surface area contributed by atoms with Crippen molar-refractivity contribution in [3.05, 3.63) is 28.7 Å². The topological polar surface area (TPSA) is 39.7 Å². The number of para-hydroxylation sites is 1. The highest BCUT2D eigenvalue weighted by molar-refractivity contribution is 9.10. The summed E-state index contributed by atoms with van der Waals surface area (Å²) in [5, 5.41) is 3.29. The maximum atomic E-state index is 5.43. The van der Waals surface area contributed by atoms with Crippen molar-refractivity contribution in [2.45, 2.75) is 0 Å². The van der Waals surface area contributed by atoms with Crippen LogP contribution in [-0.2, 0) is 14.2 Å². The number of rotatable bonds is 10. The SMILES string of the molecule is COCCOCCOCCNc1ccccc1Br. The van der Waals surface area contributed by atoms with E-state index in [1.807, 2.05) is 24.3 Å². The van der Waals surface area contributed by atoms with Gasteiger partial charge in [-0.25, -0.2) is 0 Å². The molecule has 4 nitrogen and oxygen atoms in total. The summed E-state index contributed by atoms with van der Waals surface area (Å²) < 4.78 is 16.6. The average molecular weight is 318 g/mol. The smallest absolute Gasteiger partial charge is 0.0701 e. The average Bonchev–Trinajstić information content (AvgIpc) is 2.39. The Balaban J connectivity index is 1.94. The molecule has 0 saturated carbocycles. The van der Waals surface area contributed by atoms with Crippen LogP contribution in [0.15, 0.2) is 28.7 Å². The third-order valence-electron chi connectivity index (χ3n) is 2.24. The number of hydrogen-bond donors (Lipinski definition) is 1. The molecule has 0 saturated heterocycles. The van der Waals surface area contributed by atoms with Gasteiger partial charge in [-0.3, -0.25) is 0 Å². The molecule has 102 valence electrons. The van der Waals surface area contributed by atoms with Crippen molar-refractivity contribution in [1.82, 2.24) is 0 Å². The van der Waals surface area contributed by atoms with E-state index < -0.39 is 0 Å². The van der Waals surface area contributed by atoms with E-state index in [2.05, 4.69) is 21.2 Å². The molecule has 0 unspecified atom stereocenters. The van der Waals surface area contributed by atoms with Gasteiger partial charge < -0.3 is 19.5 Å². The standard InChI is InChI=1S/C13H20BrNO3/c1-16-8-9-18-11-10-17-7-6-15-13-5-3-2-4-12(13)14/h2-5,15H,6-11H2,1H3. The lowest BCUT2D eigenvalue weighted by atomic mass is 10.3. The molecule has 0 aliphatic heterocycles. The lowest BCUT2D eigenvalue weighted by Crippen LogP contribution is -2.13. The Morgan fingerprint density at radius 3 is 2.39 bits per heavy atom. The second kappa shape index (κ2) is 10.3. The molecule has 18 heavy (non-hydrogen) atoms. The molecular formula is C13H20BrNO3. The number of halogens is 1. The highest BCUT2D eigenvalue weighted by atomic mass is 79.9. The molecule has 0 heterocycles. The fourth-order valence-electron chi connectivity index (χ4n) is 1.33. The molecule has 0 aliphatic rings.